The summed E-state index contributed by atoms with van der Waals surface area (Å²) in [5.41, 5.74) is 0.927. The van der Waals surface area contributed by atoms with Crippen molar-refractivity contribution in [3.63, 3.8) is 0 Å². The zero-order valence-electron chi connectivity index (χ0n) is 17.6. The molecule has 0 aliphatic carbocycles. The minimum atomic E-state index is -0.171. The fourth-order valence-electron chi connectivity index (χ4n) is 3.33. The van der Waals surface area contributed by atoms with E-state index in [0.717, 1.165) is 42.6 Å². The van der Waals surface area contributed by atoms with E-state index in [2.05, 4.69) is 37.5 Å². The van der Waals surface area contributed by atoms with Crippen molar-refractivity contribution in [3.05, 3.63) is 34.9 Å². The first-order valence-corrected chi connectivity index (χ1v) is 10.2. The maximum atomic E-state index is 12.2. The van der Waals surface area contributed by atoms with Crippen LogP contribution >= 0.6 is 35.6 Å². The first-order chi connectivity index (χ1) is 12.7. The second-order valence-corrected chi connectivity index (χ2v) is 8.53. The first kappa shape index (κ1) is 25.0. The number of likely N-dealkylation sites (tertiary alicyclic amines) is 1. The molecule has 2 N–H and O–H groups in total. The van der Waals surface area contributed by atoms with E-state index in [4.69, 9.17) is 16.6 Å². The molecule has 1 heterocycles. The van der Waals surface area contributed by atoms with Gasteiger partial charge in [-0.25, -0.2) is 0 Å². The molecule has 0 bridgehead atoms. The molecule has 158 valence electrons. The summed E-state index contributed by atoms with van der Waals surface area (Å²) in [4.78, 5) is 18.9. The molecule has 1 amide bonds. The lowest BCUT2D eigenvalue weighted by Crippen LogP contribution is -2.45. The lowest BCUT2D eigenvalue weighted by atomic mass is 9.85. The number of aliphatic imine (C=N–C) groups is 1. The van der Waals surface area contributed by atoms with Gasteiger partial charge in [0.25, 0.3) is 0 Å². The standard InChI is InChI=1S/C21H33ClN4O.HI/c1-6-23-20(25-16-11-12-26(13-16)19(27)15(2)3)24-14-21(4,5)17-9-7-8-10-18(17)22;/h7-10,15-16H,6,11-14H2,1-5H3,(H2,23,24,25);1H. The van der Waals surface area contributed by atoms with Crippen molar-refractivity contribution in [1.82, 2.24) is 15.5 Å². The predicted molar refractivity (Wildman–Crippen MR) is 129 cm³/mol. The number of nitrogens with zero attached hydrogens (tertiary/aromatic N) is 2. The molecule has 1 fully saturated rings. The molecule has 7 heteroatoms. The number of carbonyl (C=O) groups excluding carboxylic acids is 1. The fourth-order valence-corrected chi connectivity index (χ4v) is 3.72. The Bertz CT molecular complexity index is 678. The molecule has 1 saturated heterocycles. The number of guanidine groups is 1. The van der Waals surface area contributed by atoms with Crippen molar-refractivity contribution in [2.24, 2.45) is 10.9 Å². The Morgan fingerprint density at radius 3 is 2.64 bits per heavy atom. The molecule has 28 heavy (non-hydrogen) atoms. The highest BCUT2D eigenvalue weighted by Crippen LogP contribution is 2.29. The summed E-state index contributed by atoms with van der Waals surface area (Å²) < 4.78 is 0. The summed E-state index contributed by atoms with van der Waals surface area (Å²) in [6, 6.07) is 8.17. The third-order valence-electron chi connectivity index (χ3n) is 4.91. The van der Waals surface area contributed by atoms with Gasteiger partial charge in [-0.1, -0.05) is 57.5 Å². The molecule has 1 aliphatic rings. The van der Waals surface area contributed by atoms with Gasteiger partial charge in [-0.3, -0.25) is 9.79 Å². The van der Waals surface area contributed by atoms with Crippen molar-refractivity contribution < 1.29 is 4.79 Å². The van der Waals surface area contributed by atoms with Crippen LogP contribution in [-0.2, 0) is 10.2 Å². The summed E-state index contributed by atoms with van der Waals surface area (Å²) in [6.07, 6.45) is 0.941. The highest BCUT2D eigenvalue weighted by atomic mass is 127. The summed E-state index contributed by atoms with van der Waals surface area (Å²) in [5, 5.41) is 7.58. The SMILES string of the molecule is CCNC(=NCC(C)(C)c1ccccc1Cl)NC1CCN(C(=O)C(C)C)C1.I. The van der Waals surface area contributed by atoms with Gasteiger partial charge >= 0.3 is 0 Å². The van der Waals surface area contributed by atoms with Crippen molar-refractivity contribution in [2.45, 2.75) is 52.5 Å². The first-order valence-electron chi connectivity index (χ1n) is 9.83. The van der Waals surface area contributed by atoms with Crippen LogP contribution in [0.3, 0.4) is 0 Å². The van der Waals surface area contributed by atoms with Crippen molar-refractivity contribution >= 4 is 47.4 Å². The number of amides is 1. The summed E-state index contributed by atoms with van der Waals surface area (Å²) in [5.74, 6) is 1.06. The number of nitrogens with one attached hydrogen (secondary N) is 2. The van der Waals surface area contributed by atoms with Crippen molar-refractivity contribution in [1.29, 1.82) is 0 Å². The lowest BCUT2D eigenvalue weighted by Gasteiger charge is -2.25. The van der Waals surface area contributed by atoms with Gasteiger partial charge < -0.3 is 15.5 Å². The second kappa shape index (κ2) is 11.2. The van der Waals surface area contributed by atoms with Crippen LogP contribution in [-0.4, -0.2) is 49.0 Å². The Morgan fingerprint density at radius 2 is 2.04 bits per heavy atom. The van der Waals surface area contributed by atoms with Crippen LogP contribution in [0.2, 0.25) is 5.02 Å². The van der Waals surface area contributed by atoms with Crippen LogP contribution in [0, 0.1) is 5.92 Å². The number of benzene rings is 1. The molecule has 5 nitrogen and oxygen atoms in total. The van der Waals surface area contributed by atoms with E-state index in [9.17, 15) is 4.79 Å². The van der Waals surface area contributed by atoms with Gasteiger partial charge in [0.2, 0.25) is 5.91 Å². The Hall–Kier alpha value is -1.02. The highest BCUT2D eigenvalue weighted by Gasteiger charge is 2.28. The van der Waals surface area contributed by atoms with E-state index in [1.807, 2.05) is 36.9 Å². The molecule has 1 unspecified atom stereocenters. The molecule has 0 spiro atoms. The third-order valence-corrected chi connectivity index (χ3v) is 5.24. The molecular formula is C21H34ClIN4O. The maximum Gasteiger partial charge on any atom is 0.225 e. The van der Waals surface area contributed by atoms with Crippen LogP contribution in [0.25, 0.3) is 0 Å². The Kier molecular flexibility index (Phi) is 10.0. The van der Waals surface area contributed by atoms with E-state index in [1.54, 1.807) is 0 Å². The van der Waals surface area contributed by atoms with Gasteiger partial charge in [0.05, 0.1) is 6.54 Å². The molecule has 2 rings (SSSR count). The third kappa shape index (κ3) is 6.79. The molecule has 1 atom stereocenters. The largest absolute Gasteiger partial charge is 0.357 e. The van der Waals surface area contributed by atoms with Crippen LogP contribution < -0.4 is 10.6 Å². The van der Waals surface area contributed by atoms with Gasteiger partial charge in [-0.15, -0.1) is 24.0 Å². The predicted octanol–water partition coefficient (Wildman–Crippen LogP) is 4.05. The van der Waals surface area contributed by atoms with Crippen LogP contribution in [0.5, 0.6) is 0 Å². The van der Waals surface area contributed by atoms with Crippen LogP contribution in [0.15, 0.2) is 29.3 Å². The summed E-state index contributed by atoms with van der Waals surface area (Å²) in [7, 11) is 0. The second-order valence-electron chi connectivity index (χ2n) is 8.13. The molecule has 1 aliphatic heterocycles. The molecule has 0 aromatic heterocycles. The number of carbonyl (C=O) groups is 1. The number of halogens is 2. The lowest BCUT2D eigenvalue weighted by molar-refractivity contribution is -0.133. The summed E-state index contributed by atoms with van der Waals surface area (Å²) >= 11 is 6.38. The molecular weight excluding hydrogens is 487 g/mol. The monoisotopic (exact) mass is 520 g/mol. The smallest absolute Gasteiger partial charge is 0.225 e. The van der Waals surface area contributed by atoms with E-state index in [-0.39, 0.29) is 47.3 Å². The minimum Gasteiger partial charge on any atom is -0.357 e. The van der Waals surface area contributed by atoms with E-state index < -0.39 is 0 Å². The van der Waals surface area contributed by atoms with Crippen LogP contribution in [0.4, 0.5) is 0 Å². The molecule has 1 aromatic carbocycles. The maximum absolute atomic E-state index is 12.2. The van der Waals surface area contributed by atoms with Gasteiger partial charge in [0.1, 0.15) is 0 Å². The molecule has 0 radical (unpaired) electrons. The topological polar surface area (TPSA) is 56.7 Å². The van der Waals surface area contributed by atoms with Crippen LogP contribution in [0.1, 0.15) is 46.6 Å². The van der Waals surface area contributed by atoms with Gasteiger partial charge in [0, 0.05) is 42.0 Å². The van der Waals surface area contributed by atoms with Gasteiger partial charge in [-0.05, 0) is 25.0 Å². The Morgan fingerprint density at radius 1 is 1.36 bits per heavy atom. The fraction of sp³-hybridized carbons (Fsp3) is 0.619. The van der Waals surface area contributed by atoms with E-state index in [1.165, 1.54) is 0 Å². The van der Waals surface area contributed by atoms with E-state index >= 15 is 0 Å². The summed E-state index contributed by atoms with van der Waals surface area (Å²) in [6.45, 7) is 13.2. The van der Waals surface area contributed by atoms with E-state index in [0.29, 0.717) is 6.54 Å². The average Bonchev–Trinajstić information content (AvgIpc) is 3.08. The molecule has 0 saturated carbocycles. The average molecular weight is 521 g/mol. The normalized spacial score (nSPS) is 17.5. The zero-order valence-corrected chi connectivity index (χ0v) is 20.7. The zero-order chi connectivity index (χ0) is 20.0. The Labute approximate surface area is 191 Å². The minimum absolute atomic E-state index is 0. The number of hydrogen-bond donors (Lipinski definition) is 2. The highest BCUT2D eigenvalue weighted by molar-refractivity contribution is 14.0. The van der Waals surface area contributed by atoms with Crippen molar-refractivity contribution in [3.8, 4) is 0 Å². The Balaban J connectivity index is 0.00000392. The van der Waals surface area contributed by atoms with Gasteiger partial charge in [0.15, 0.2) is 5.96 Å². The van der Waals surface area contributed by atoms with Crippen molar-refractivity contribution in [2.75, 3.05) is 26.2 Å². The number of hydrogen-bond acceptors (Lipinski definition) is 2. The quantitative estimate of drug-likeness (QED) is 0.338. The number of rotatable bonds is 6. The molecule has 1 aromatic rings. The van der Waals surface area contributed by atoms with Gasteiger partial charge in [-0.2, -0.15) is 0 Å².